The third kappa shape index (κ3) is 4.65. The zero-order valence-electron chi connectivity index (χ0n) is 9.43. The predicted octanol–water partition coefficient (Wildman–Crippen LogP) is 0.147. The number of carboxylic acids is 1. The minimum atomic E-state index is -1.04. The van der Waals surface area contributed by atoms with Crippen LogP contribution in [0, 0.1) is 0 Å². The summed E-state index contributed by atoms with van der Waals surface area (Å²) in [6.45, 7) is 0.212. The van der Waals surface area contributed by atoms with Gasteiger partial charge < -0.3 is 16.2 Å². The van der Waals surface area contributed by atoms with Crippen LogP contribution < -0.4 is 11.1 Å². The van der Waals surface area contributed by atoms with Gasteiger partial charge in [-0.05, 0) is 5.56 Å². The molecular formula is C12H16N2O3. The Morgan fingerprint density at radius 3 is 2.47 bits per heavy atom. The standard InChI is InChI=1S/C12H16N2O3/c13-7-6-11(15)14-10(12(16)17)8-9-4-2-1-3-5-9/h1-5,10H,6-8,13H2,(H,14,15)(H,16,17). The van der Waals surface area contributed by atoms with Gasteiger partial charge in [0.25, 0.3) is 0 Å². The SMILES string of the molecule is NCCC(=O)NC(Cc1ccccc1)C(=O)O. The lowest BCUT2D eigenvalue weighted by Crippen LogP contribution is -2.42. The minimum Gasteiger partial charge on any atom is -0.480 e. The first kappa shape index (κ1) is 13.2. The number of rotatable bonds is 6. The molecule has 0 heterocycles. The molecule has 1 atom stereocenters. The Bertz CT molecular complexity index is 379. The molecule has 17 heavy (non-hydrogen) atoms. The molecule has 0 saturated carbocycles. The number of carboxylic acid groups (broad SMARTS) is 1. The molecule has 1 amide bonds. The molecule has 0 radical (unpaired) electrons. The van der Waals surface area contributed by atoms with E-state index in [0.29, 0.717) is 0 Å². The molecule has 4 N–H and O–H groups in total. The van der Waals surface area contributed by atoms with Gasteiger partial charge in [-0.25, -0.2) is 4.79 Å². The fourth-order valence-corrected chi connectivity index (χ4v) is 1.45. The average Bonchev–Trinajstić information content (AvgIpc) is 2.29. The number of benzene rings is 1. The van der Waals surface area contributed by atoms with E-state index in [-0.39, 0.29) is 25.3 Å². The van der Waals surface area contributed by atoms with E-state index in [2.05, 4.69) is 5.32 Å². The molecule has 92 valence electrons. The average molecular weight is 236 g/mol. The zero-order valence-corrected chi connectivity index (χ0v) is 9.43. The van der Waals surface area contributed by atoms with E-state index in [1.54, 1.807) is 0 Å². The summed E-state index contributed by atoms with van der Waals surface area (Å²) in [5.41, 5.74) is 6.09. The third-order valence-electron chi connectivity index (χ3n) is 2.29. The number of carbonyl (C=O) groups excluding carboxylic acids is 1. The number of amides is 1. The van der Waals surface area contributed by atoms with Crippen molar-refractivity contribution in [2.45, 2.75) is 18.9 Å². The number of nitrogens with one attached hydrogen (secondary N) is 1. The smallest absolute Gasteiger partial charge is 0.326 e. The highest BCUT2D eigenvalue weighted by atomic mass is 16.4. The van der Waals surface area contributed by atoms with Crippen molar-refractivity contribution in [2.75, 3.05) is 6.54 Å². The third-order valence-corrected chi connectivity index (χ3v) is 2.29. The van der Waals surface area contributed by atoms with Gasteiger partial charge in [0, 0.05) is 19.4 Å². The zero-order chi connectivity index (χ0) is 12.7. The van der Waals surface area contributed by atoms with Crippen molar-refractivity contribution in [3.8, 4) is 0 Å². The van der Waals surface area contributed by atoms with E-state index in [0.717, 1.165) is 5.56 Å². The van der Waals surface area contributed by atoms with Crippen molar-refractivity contribution >= 4 is 11.9 Å². The number of hydrogen-bond donors (Lipinski definition) is 3. The molecule has 0 aromatic heterocycles. The molecule has 0 aliphatic heterocycles. The second-order valence-electron chi connectivity index (χ2n) is 3.69. The molecule has 1 aromatic carbocycles. The molecule has 1 aromatic rings. The van der Waals surface area contributed by atoms with Crippen molar-refractivity contribution < 1.29 is 14.7 Å². The van der Waals surface area contributed by atoms with E-state index in [1.807, 2.05) is 30.3 Å². The molecule has 0 fully saturated rings. The minimum absolute atomic E-state index is 0.137. The lowest BCUT2D eigenvalue weighted by Gasteiger charge is -2.14. The number of carbonyl (C=O) groups is 2. The topological polar surface area (TPSA) is 92.4 Å². The summed E-state index contributed by atoms with van der Waals surface area (Å²) in [7, 11) is 0. The quantitative estimate of drug-likeness (QED) is 0.655. The van der Waals surface area contributed by atoms with Crippen LogP contribution >= 0.6 is 0 Å². The fraction of sp³-hybridized carbons (Fsp3) is 0.333. The Kier molecular flexibility index (Phi) is 5.16. The van der Waals surface area contributed by atoms with E-state index in [9.17, 15) is 9.59 Å². The van der Waals surface area contributed by atoms with Crippen LogP contribution in [0.25, 0.3) is 0 Å². The Labute approximate surface area is 99.6 Å². The number of hydrogen-bond acceptors (Lipinski definition) is 3. The molecule has 5 nitrogen and oxygen atoms in total. The van der Waals surface area contributed by atoms with Gasteiger partial charge >= 0.3 is 5.97 Å². The van der Waals surface area contributed by atoms with Crippen LogP contribution in [0.4, 0.5) is 0 Å². The summed E-state index contributed by atoms with van der Waals surface area (Å²) in [5.74, 6) is -1.38. The van der Waals surface area contributed by atoms with Crippen LogP contribution in [0.3, 0.4) is 0 Å². The van der Waals surface area contributed by atoms with Crippen LogP contribution in [0.2, 0.25) is 0 Å². The van der Waals surface area contributed by atoms with Gasteiger partial charge in [-0.3, -0.25) is 4.79 Å². The van der Waals surface area contributed by atoms with Gasteiger partial charge in [-0.15, -0.1) is 0 Å². The number of nitrogens with two attached hydrogens (primary N) is 1. The van der Waals surface area contributed by atoms with Crippen LogP contribution in [-0.4, -0.2) is 29.6 Å². The molecule has 0 aliphatic rings. The molecule has 0 bridgehead atoms. The predicted molar refractivity (Wildman–Crippen MR) is 63.4 cm³/mol. The Hall–Kier alpha value is -1.88. The van der Waals surface area contributed by atoms with Crippen molar-refractivity contribution in [1.82, 2.24) is 5.32 Å². The molecule has 0 saturated heterocycles. The largest absolute Gasteiger partial charge is 0.480 e. The van der Waals surface area contributed by atoms with Gasteiger partial charge in [-0.1, -0.05) is 30.3 Å². The van der Waals surface area contributed by atoms with Gasteiger partial charge in [-0.2, -0.15) is 0 Å². The highest BCUT2D eigenvalue weighted by Crippen LogP contribution is 2.03. The van der Waals surface area contributed by atoms with Crippen LogP contribution in [-0.2, 0) is 16.0 Å². The summed E-state index contributed by atoms with van der Waals surface area (Å²) in [6.07, 6.45) is 0.408. The second-order valence-corrected chi connectivity index (χ2v) is 3.69. The van der Waals surface area contributed by atoms with E-state index < -0.39 is 12.0 Å². The number of aliphatic carboxylic acids is 1. The molecule has 0 aliphatic carbocycles. The molecular weight excluding hydrogens is 220 g/mol. The van der Waals surface area contributed by atoms with Gasteiger partial charge in [0.2, 0.25) is 5.91 Å². The first-order valence-electron chi connectivity index (χ1n) is 5.39. The van der Waals surface area contributed by atoms with Gasteiger partial charge in [0.1, 0.15) is 6.04 Å². The molecule has 1 unspecified atom stereocenters. The Balaban J connectivity index is 2.61. The van der Waals surface area contributed by atoms with Gasteiger partial charge in [0.15, 0.2) is 0 Å². The monoisotopic (exact) mass is 236 g/mol. The maximum atomic E-state index is 11.3. The molecule has 1 rings (SSSR count). The summed E-state index contributed by atoms with van der Waals surface area (Å²) >= 11 is 0. The summed E-state index contributed by atoms with van der Waals surface area (Å²) < 4.78 is 0. The van der Waals surface area contributed by atoms with Crippen LogP contribution in [0.5, 0.6) is 0 Å². The summed E-state index contributed by atoms with van der Waals surface area (Å²) in [6, 6.07) is 8.25. The highest BCUT2D eigenvalue weighted by Gasteiger charge is 2.19. The van der Waals surface area contributed by atoms with Crippen LogP contribution in [0.1, 0.15) is 12.0 Å². The van der Waals surface area contributed by atoms with E-state index in [4.69, 9.17) is 10.8 Å². The van der Waals surface area contributed by atoms with Crippen molar-refractivity contribution in [2.24, 2.45) is 5.73 Å². The first-order chi connectivity index (χ1) is 8.13. The van der Waals surface area contributed by atoms with Crippen molar-refractivity contribution in [3.05, 3.63) is 35.9 Å². The van der Waals surface area contributed by atoms with Gasteiger partial charge in [0.05, 0.1) is 0 Å². The summed E-state index contributed by atoms with van der Waals surface area (Å²) in [5, 5.41) is 11.5. The Morgan fingerprint density at radius 1 is 1.29 bits per heavy atom. The fourth-order valence-electron chi connectivity index (χ4n) is 1.45. The lowest BCUT2D eigenvalue weighted by molar-refractivity contribution is -0.141. The first-order valence-corrected chi connectivity index (χ1v) is 5.39. The normalized spacial score (nSPS) is 11.8. The van der Waals surface area contributed by atoms with Crippen molar-refractivity contribution in [3.63, 3.8) is 0 Å². The van der Waals surface area contributed by atoms with Crippen molar-refractivity contribution in [1.29, 1.82) is 0 Å². The van der Waals surface area contributed by atoms with E-state index in [1.165, 1.54) is 0 Å². The molecule has 0 spiro atoms. The Morgan fingerprint density at radius 2 is 1.94 bits per heavy atom. The maximum absolute atomic E-state index is 11.3. The van der Waals surface area contributed by atoms with E-state index >= 15 is 0 Å². The second kappa shape index (κ2) is 6.65. The highest BCUT2D eigenvalue weighted by molar-refractivity contribution is 5.83. The van der Waals surface area contributed by atoms with Crippen LogP contribution in [0.15, 0.2) is 30.3 Å². The maximum Gasteiger partial charge on any atom is 0.326 e. The summed E-state index contributed by atoms with van der Waals surface area (Å²) in [4.78, 5) is 22.3. The molecule has 5 heteroatoms. The lowest BCUT2D eigenvalue weighted by atomic mass is 10.1.